The number of allylic oxidation sites excluding steroid dienone is 1. The van der Waals surface area contributed by atoms with Crippen LogP contribution in [-0.4, -0.2) is 31.9 Å². The summed E-state index contributed by atoms with van der Waals surface area (Å²) in [4.78, 5) is 33.6. The van der Waals surface area contributed by atoms with E-state index in [1.54, 1.807) is 44.4 Å². The summed E-state index contributed by atoms with van der Waals surface area (Å²) in [7, 11) is 0. The molecule has 0 N–H and O–H groups in total. The second-order valence-corrected chi connectivity index (χ2v) is 10.8. The molecule has 5 rings (SSSR count). The fourth-order valence-electron chi connectivity index (χ4n) is 3.56. The summed E-state index contributed by atoms with van der Waals surface area (Å²) in [6, 6.07) is 9.74. The predicted molar refractivity (Wildman–Crippen MR) is 134 cm³/mol. The Morgan fingerprint density at radius 2 is 2.03 bits per heavy atom. The zero-order chi connectivity index (χ0) is 22.1. The number of hydrogen-bond acceptors (Lipinski definition) is 8. The largest absolute Gasteiger partial charge is 0.283 e. The lowest BCUT2D eigenvalue weighted by Crippen LogP contribution is -2.29. The van der Waals surface area contributed by atoms with Gasteiger partial charge in [-0.2, -0.15) is 5.10 Å². The minimum Gasteiger partial charge on any atom is -0.283 e. The van der Waals surface area contributed by atoms with E-state index in [4.69, 9.17) is 5.10 Å². The second kappa shape index (κ2) is 9.14. The molecule has 1 atom stereocenters. The molecule has 0 aliphatic carbocycles. The van der Waals surface area contributed by atoms with Crippen molar-refractivity contribution in [1.82, 2.24) is 14.6 Å². The Bertz CT molecular complexity index is 1350. The van der Waals surface area contributed by atoms with Gasteiger partial charge in [-0.25, -0.2) is 9.99 Å². The van der Waals surface area contributed by atoms with E-state index < -0.39 is 0 Å². The van der Waals surface area contributed by atoms with Crippen LogP contribution in [-0.2, 0) is 11.3 Å². The maximum atomic E-state index is 13.3. The van der Waals surface area contributed by atoms with Crippen molar-refractivity contribution in [2.24, 2.45) is 5.10 Å². The first-order valence-electron chi connectivity index (χ1n) is 9.84. The van der Waals surface area contributed by atoms with Gasteiger partial charge >= 0.3 is 0 Å². The van der Waals surface area contributed by atoms with Crippen molar-refractivity contribution in [2.75, 3.05) is 5.75 Å². The quantitative estimate of drug-likeness (QED) is 0.199. The minimum absolute atomic E-state index is 0.106. The molecule has 1 aliphatic rings. The van der Waals surface area contributed by atoms with E-state index in [1.807, 2.05) is 40.4 Å². The molecule has 5 heterocycles. The molecule has 0 bridgehead atoms. The first kappa shape index (κ1) is 21.3. The van der Waals surface area contributed by atoms with Crippen molar-refractivity contribution >= 4 is 67.6 Å². The van der Waals surface area contributed by atoms with Gasteiger partial charge in [-0.15, -0.1) is 40.6 Å². The molecule has 1 amide bonds. The highest BCUT2D eigenvalue weighted by Gasteiger charge is 2.34. The van der Waals surface area contributed by atoms with Crippen LogP contribution < -0.4 is 5.56 Å². The summed E-state index contributed by atoms with van der Waals surface area (Å²) >= 11 is 5.95. The Morgan fingerprint density at radius 3 is 2.78 bits per heavy atom. The average molecular weight is 499 g/mol. The Balaban J connectivity index is 1.42. The molecule has 1 unspecified atom stereocenters. The van der Waals surface area contributed by atoms with Crippen LogP contribution in [0.5, 0.6) is 0 Å². The smallest absolute Gasteiger partial charge is 0.263 e. The van der Waals surface area contributed by atoms with E-state index in [-0.39, 0.29) is 23.3 Å². The minimum atomic E-state index is -0.110. The third kappa shape index (κ3) is 3.99. The first-order valence-corrected chi connectivity index (χ1v) is 13.5. The van der Waals surface area contributed by atoms with Crippen LogP contribution in [0.1, 0.15) is 22.2 Å². The summed E-state index contributed by atoms with van der Waals surface area (Å²) in [5.41, 5.74) is 0.820. The maximum Gasteiger partial charge on any atom is 0.263 e. The molecule has 10 heteroatoms. The molecule has 0 radical (unpaired) electrons. The number of hydrogen-bond donors (Lipinski definition) is 0. The van der Waals surface area contributed by atoms with Gasteiger partial charge in [-0.3, -0.25) is 14.2 Å². The Labute approximate surface area is 200 Å². The van der Waals surface area contributed by atoms with E-state index in [2.05, 4.69) is 11.6 Å². The normalized spacial score (nSPS) is 15.9. The molecule has 0 aromatic carbocycles. The summed E-state index contributed by atoms with van der Waals surface area (Å²) < 4.78 is 1.57. The third-order valence-corrected chi connectivity index (χ3v) is 8.69. The first-order chi connectivity index (χ1) is 15.7. The lowest BCUT2D eigenvalue weighted by molar-refractivity contribution is -0.130. The number of carbonyl (C=O) groups is 1. The average Bonchev–Trinajstić information content (AvgIpc) is 3.60. The number of fused-ring (bicyclic) bond motifs is 1. The summed E-state index contributed by atoms with van der Waals surface area (Å²) in [5.74, 6) is 0.0365. The van der Waals surface area contributed by atoms with E-state index >= 15 is 0 Å². The molecule has 32 heavy (non-hydrogen) atoms. The Hall–Kier alpha value is -2.53. The van der Waals surface area contributed by atoms with Gasteiger partial charge in [-0.05, 0) is 34.3 Å². The zero-order valence-electron chi connectivity index (χ0n) is 16.8. The third-order valence-electron chi connectivity index (χ3n) is 5.03. The number of carbonyl (C=O) groups excluding carboxylic acids is 1. The molecule has 0 saturated carbocycles. The molecule has 4 aromatic rings. The summed E-state index contributed by atoms with van der Waals surface area (Å²) in [5, 5.41) is 13.3. The number of thioether (sulfide) groups is 1. The van der Waals surface area contributed by atoms with Crippen molar-refractivity contribution in [2.45, 2.75) is 24.2 Å². The van der Waals surface area contributed by atoms with Gasteiger partial charge in [0.25, 0.3) is 11.5 Å². The highest BCUT2D eigenvalue weighted by molar-refractivity contribution is 7.99. The molecule has 0 spiro atoms. The van der Waals surface area contributed by atoms with Crippen LogP contribution >= 0.6 is 45.8 Å². The Morgan fingerprint density at radius 1 is 1.19 bits per heavy atom. The van der Waals surface area contributed by atoms with Crippen LogP contribution in [0.3, 0.4) is 0 Å². The number of thiophene rings is 3. The number of hydrazone groups is 1. The van der Waals surface area contributed by atoms with Crippen LogP contribution in [0.25, 0.3) is 10.2 Å². The molecular formula is C22H18N4O2S4. The van der Waals surface area contributed by atoms with Crippen LogP contribution in [0.15, 0.2) is 74.2 Å². The van der Waals surface area contributed by atoms with Gasteiger partial charge in [0.2, 0.25) is 0 Å². The highest BCUT2D eigenvalue weighted by Crippen LogP contribution is 2.36. The van der Waals surface area contributed by atoms with Gasteiger partial charge in [0.05, 0.1) is 27.8 Å². The van der Waals surface area contributed by atoms with Crippen LogP contribution in [0, 0.1) is 0 Å². The molecule has 162 valence electrons. The van der Waals surface area contributed by atoms with E-state index in [9.17, 15) is 9.59 Å². The van der Waals surface area contributed by atoms with Crippen LogP contribution in [0.4, 0.5) is 0 Å². The second-order valence-electron chi connectivity index (χ2n) is 7.02. The van der Waals surface area contributed by atoms with Crippen molar-refractivity contribution < 1.29 is 4.79 Å². The van der Waals surface area contributed by atoms with Gasteiger partial charge in [-0.1, -0.05) is 30.0 Å². The van der Waals surface area contributed by atoms with Crippen molar-refractivity contribution in [3.8, 4) is 0 Å². The topological polar surface area (TPSA) is 67.6 Å². The fraction of sp³-hybridized carbons (Fsp3) is 0.182. The SMILES string of the molecule is C=CCn1c(SCC(=O)N2N=C(c3cccs3)CC2c2cccs2)nc2sccc2c1=O. The van der Waals surface area contributed by atoms with Crippen molar-refractivity contribution in [3.63, 3.8) is 0 Å². The van der Waals surface area contributed by atoms with E-state index in [1.165, 1.54) is 23.1 Å². The fourth-order valence-corrected chi connectivity index (χ4v) is 6.76. The van der Waals surface area contributed by atoms with Gasteiger partial charge in [0, 0.05) is 17.8 Å². The number of rotatable bonds is 7. The van der Waals surface area contributed by atoms with E-state index in [0.29, 0.717) is 28.3 Å². The zero-order valence-corrected chi connectivity index (χ0v) is 20.1. The summed E-state index contributed by atoms with van der Waals surface area (Å²) in [6.07, 6.45) is 2.36. The molecule has 4 aromatic heterocycles. The van der Waals surface area contributed by atoms with Crippen molar-refractivity contribution in [3.05, 3.63) is 79.2 Å². The van der Waals surface area contributed by atoms with Gasteiger partial charge in [0.1, 0.15) is 4.83 Å². The number of nitrogens with zero attached hydrogens (tertiary/aromatic N) is 4. The Kier molecular flexibility index (Phi) is 6.09. The monoisotopic (exact) mass is 498 g/mol. The lowest BCUT2D eigenvalue weighted by Gasteiger charge is -2.20. The maximum absolute atomic E-state index is 13.3. The van der Waals surface area contributed by atoms with Crippen LogP contribution in [0.2, 0.25) is 0 Å². The molecule has 0 fully saturated rings. The van der Waals surface area contributed by atoms with Gasteiger partial charge < -0.3 is 0 Å². The van der Waals surface area contributed by atoms with Crippen molar-refractivity contribution in [1.29, 1.82) is 0 Å². The molecule has 1 aliphatic heterocycles. The standard InChI is InChI=1S/C22H18N4O2S4/c1-2-8-25-21(28)14-7-11-31-20(14)23-22(25)32-13-19(27)26-16(18-6-4-10-30-18)12-15(24-26)17-5-3-9-29-17/h2-7,9-11,16H,1,8,12-13H2. The lowest BCUT2D eigenvalue weighted by atomic mass is 10.1. The highest BCUT2D eigenvalue weighted by atomic mass is 32.2. The predicted octanol–water partition coefficient (Wildman–Crippen LogP) is 5.24. The number of aromatic nitrogens is 2. The van der Waals surface area contributed by atoms with Gasteiger partial charge in [0.15, 0.2) is 5.16 Å². The van der Waals surface area contributed by atoms with E-state index in [0.717, 1.165) is 15.5 Å². The number of amides is 1. The molecule has 6 nitrogen and oxygen atoms in total. The molecule has 0 saturated heterocycles. The summed E-state index contributed by atoms with van der Waals surface area (Å²) in [6.45, 7) is 4.09. The molecular weight excluding hydrogens is 481 g/mol.